The van der Waals surface area contributed by atoms with Crippen molar-refractivity contribution in [3.63, 3.8) is 0 Å². The van der Waals surface area contributed by atoms with Crippen molar-refractivity contribution in [1.29, 1.82) is 0 Å². The highest BCUT2D eigenvalue weighted by atomic mass is 79.9. The largest absolute Gasteiger partial charge is 0.508 e. The molecule has 0 unspecified atom stereocenters. The molecule has 24 heavy (non-hydrogen) atoms. The number of rotatable bonds is 4. The monoisotopic (exact) mass is 405 g/mol. The molecule has 0 aliphatic rings. The number of nitrogens with zero attached hydrogens (tertiary/aromatic N) is 2. The summed E-state index contributed by atoms with van der Waals surface area (Å²) in [6.07, 6.45) is 2.76. The highest BCUT2D eigenvalue weighted by molar-refractivity contribution is 9.10. The summed E-state index contributed by atoms with van der Waals surface area (Å²) in [6.45, 7) is 0. The second-order valence-corrected chi connectivity index (χ2v) is 7.50. The Bertz CT molecular complexity index is 959. The van der Waals surface area contributed by atoms with Crippen molar-refractivity contribution in [1.82, 2.24) is 9.97 Å². The molecule has 0 amide bonds. The van der Waals surface area contributed by atoms with Crippen LogP contribution in [0.4, 0.5) is 5.69 Å². The number of halogens is 1. The van der Waals surface area contributed by atoms with Crippen molar-refractivity contribution in [2.45, 2.75) is 4.90 Å². The van der Waals surface area contributed by atoms with E-state index in [9.17, 15) is 13.5 Å². The van der Waals surface area contributed by atoms with Gasteiger partial charge in [-0.15, -0.1) is 0 Å². The molecular weight excluding hydrogens is 394 g/mol. The Kier molecular flexibility index (Phi) is 4.50. The van der Waals surface area contributed by atoms with Gasteiger partial charge >= 0.3 is 0 Å². The first kappa shape index (κ1) is 16.4. The van der Waals surface area contributed by atoms with Crippen LogP contribution in [0, 0.1) is 0 Å². The smallest absolute Gasteiger partial charge is 0.261 e. The van der Waals surface area contributed by atoms with E-state index in [4.69, 9.17) is 0 Å². The van der Waals surface area contributed by atoms with E-state index in [2.05, 4.69) is 30.6 Å². The summed E-state index contributed by atoms with van der Waals surface area (Å²) >= 11 is 3.26. The number of nitrogens with one attached hydrogen (secondary N) is 1. The summed E-state index contributed by atoms with van der Waals surface area (Å²) in [5.41, 5.74) is 0.888. The van der Waals surface area contributed by atoms with Gasteiger partial charge in [0.05, 0.1) is 23.0 Å². The summed E-state index contributed by atoms with van der Waals surface area (Å²) in [7, 11) is -3.71. The number of phenolic OH excluding ortho intramolecular Hbond substituents is 1. The summed E-state index contributed by atoms with van der Waals surface area (Å²) in [6, 6.07) is 12.8. The lowest BCUT2D eigenvalue weighted by atomic mass is 10.2. The number of aromatic hydroxyl groups is 1. The van der Waals surface area contributed by atoms with Gasteiger partial charge in [0.25, 0.3) is 10.0 Å². The van der Waals surface area contributed by atoms with E-state index < -0.39 is 10.0 Å². The fourth-order valence-electron chi connectivity index (χ4n) is 2.00. The van der Waals surface area contributed by atoms with Crippen molar-refractivity contribution in [2.75, 3.05) is 4.72 Å². The SMILES string of the molecule is O=S(=O)(Nc1cnc(-c2cccc(O)c2)nc1)c1ccc(Br)cc1. The van der Waals surface area contributed by atoms with Gasteiger partial charge in [-0.05, 0) is 36.4 Å². The third kappa shape index (κ3) is 3.72. The molecule has 0 spiro atoms. The molecule has 0 saturated heterocycles. The fourth-order valence-corrected chi connectivity index (χ4v) is 3.29. The number of anilines is 1. The van der Waals surface area contributed by atoms with E-state index in [1.165, 1.54) is 30.6 Å². The van der Waals surface area contributed by atoms with Crippen LogP contribution in [0.15, 0.2) is 70.3 Å². The number of benzene rings is 2. The molecule has 0 aliphatic carbocycles. The van der Waals surface area contributed by atoms with Gasteiger partial charge in [-0.1, -0.05) is 28.1 Å². The maximum Gasteiger partial charge on any atom is 0.261 e. The van der Waals surface area contributed by atoms with E-state index >= 15 is 0 Å². The van der Waals surface area contributed by atoms with E-state index in [0.717, 1.165) is 4.47 Å². The topological polar surface area (TPSA) is 92.2 Å². The van der Waals surface area contributed by atoms with Gasteiger partial charge in [-0.25, -0.2) is 18.4 Å². The molecule has 1 heterocycles. The van der Waals surface area contributed by atoms with Crippen LogP contribution in [-0.4, -0.2) is 23.5 Å². The minimum Gasteiger partial charge on any atom is -0.508 e. The van der Waals surface area contributed by atoms with Crippen molar-refractivity contribution >= 4 is 31.6 Å². The van der Waals surface area contributed by atoms with Crippen LogP contribution in [0.1, 0.15) is 0 Å². The average molecular weight is 406 g/mol. The van der Waals surface area contributed by atoms with Crippen molar-refractivity contribution in [3.05, 3.63) is 65.4 Å². The number of hydrogen-bond acceptors (Lipinski definition) is 5. The molecule has 0 bridgehead atoms. The maximum absolute atomic E-state index is 12.3. The van der Waals surface area contributed by atoms with Gasteiger partial charge in [0.15, 0.2) is 5.82 Å². The van der Waals surface area contributed by atoms with Crippen LogP contribution in [-0.2, 0) is 10.0 Å². The lowest BCUT2D eigenvalue weighted by molar-refractivity contribution is 0.475. The molecule has 0 radical (unpaired) electrons. The zero-order valence-electron chi connectivity index (χ0n) is 12.2. The predicted octanol–water partition coefficient (Wildman–Crippen LogP) is 3.41. The Morgan fingerprint density at radius 2 is 1.67 bits per heavy atom. The lowest BCUT2D eigenvalue weighted by Gasteiger charge is -2.08. The zero-order valence-corrected chi connectivity index (χ0v) is 14.6. The zero-order chi connectivity index (χ0) is 17.2. The normalized spacial score (nSPS) is 11.2. The maximum atomic E-state index is 12.3. The molecule has 8 heteroatoms. The summed E-state index contributed by atoms with van der Waals surface area (Å²) in [5, 5.41) is 9.48. The third-order valence-corrected chi connectivity index (χ3v) is 5.06. The van der Waals surface area contributed by atoms with Crippen LogP contribution < -0.4 is 4.72 Å². The van der Waals surface area contributed by atoms with Gasteiger partial charge in [0.2, 0.25) is 0 Å². The van der Waals surface area contributed by atoms with Gasteiger partial charge in [0.1, 0.15) is 5.75 Å². The molecule has 6 nitrogen and oxygen atoms in total. The van der Waals surface area contributed by atoms with Gasteiger partial charge in [-0.3, -0.25) is 4.72 Å². The first-order chi connectivity index (χ1) is 11.4. The van der Waals surface area contributed by atoms with E-state index in [0.29, 0.717) is 11.4 Å². The number of sulfonamides is 1. The Labute approximate surface area is 147 Å². The van der Waals surface area contributed by atoms with Crippen molar-refractivity contribution < 1.29 is 13.5 Å². The second kappa shape index (κ2) is 6.58. The number of hydrogen-bond donors (Lipinski definition) is 2. The molecule has 122 valence electrons. The highest BCUT2D eigenvalue weighted by Gasteiger charge is 2.14. The van der Waals surface area contributed by atoms with Crippen molar-refractivity contribution in [2.24, 2.45) is 0 Å². The van der Waals surface area contributed by atoms with Crippen LogP contribution in [0.25, 0.3) is 11.4 Å². The molecule has 3 rings (SSSR count). The van der Waals surface area contributed by atoms with Crippen LogP contribution in [0.3, 0.4) is 0 Å². The fraction of sp³-hybridized carbons (Fsp3) is 0. The Hall–Kier alpha value is -2.45. The molecule has 0 atom stereocenters. The minimum absolute atomic E-state index is 0.108. The summed E-state index contributed by atoms with van der Waals surface area (Å²) in [5.74, 6) is 0.494. The first-order valence-corrected chi connectivity index (χ1v) is 9.11. The van der Waals surface area contributed by atoms with Gasteiger partial charge in [0, 0.05) is 10.0 Å². The molecule has 0 aliphatic heterocycles. The van der Waals surface area contributed by atoms with E-state index in [1.807, 2.05) is 0 Å². The molecule has 2 aromatic carbocycles. The third-order valence-electron chi connectivity index (χ3n) is 3.13. The van der Waals surface area contributed by atoms with Gasteiger partial charge in [-0.2, -0.15) is 0 Å². The van der Waals surface area contributed by atoms with E-state index in [1.54, 1.807) is 30.3 Å². The van der Waals surface area contributed by atoms with Crippen LogP contribution in [0.2, 0.25) is 0 Å². The predicted molar refractivity (Wildman–Crippen MR) is 94.1 cm³/mol. The summed E-state index contributed by atoms with van der Waals surface area (Å²) in [4.78, 5) is 8.39. The Morgan fingerprint density at radius 1 is 1.00 bits per heavy atom. The molecular formula is C16H12BrN3O3S. The molecule has 0 fully saturated rings. The molecule has 3 aromatic rings. The molecule has 1 aromatic heterocycles. The Balaban J connectivity index is 1.82. The van der Waals surface area contributed by atoms with Crippen LogP contribution in [0.5, 0.6) is 5.75 Å². The standard InChI is InChI=1S/C16H12BrN3O3S/c17-12-4-6-15(7-5-12)24(22,23)20-13-9-18-16(19-10-13)11-2-1-3-14(21)8-11/h1-10,20-21H. The number of aromatic nitrogens is 2. The lowest BCUT2D eigenvalue weighted by Crippen LogP contribution is -2.13. The minimum atomic E-state index is -3.71. The average Bonchev–Trinajstić information content (AvgIpc) is 2.55. The first-order valence-electron chi connectivity index (χ1n) is 6.84. The van der Waals surface area contributed by atoms with Gasteiger partial charge < -0.3 is 5.11 Å². The quantitative estimate of drug-likeness (QED) is 0.693. The van der Waals surface area contributed by atoms with E-state index in [-0.39, 0.29) is 16.3 Å². The second-order valence-electron chi connectivity index (χ2n) is 4.91. The highest BCUT2D eigenvalue weighted by Crippen LogP contribution is 2.21. The number of phenols is 1. The van der Waals surface area contributed by atoms with Crippen LogP contribution >= 0.6 is 15.9 Å². The van der Waals surface area contributed by atoms with Crippen molar-refractivity contribution in [3.8, 4) is 17.1 Å². The molecule has 2 N–H and O–H groups in total. The Morgan fingerprint density at radius 3 is 2.29 bits per heavy atom. The molecule has 0 saturated carbocycles. The summed E-state index contributed by atoms with van der Waals surface area (Å²) < 4.78 is 27.8.